The second-order valence-electron chi connectivity index (χ2n) is 5.74. The van der Waals surface area contributed by atoms with E-state index in [-0.39, 0.29) is 11.9 Å². The molecule has 2 N–H and O–H groups in total. The van der Waals surface area contributed by atoms with Crippen molar-refractivity contribution in [3.8, 4) is 6.07 Å². The van der Waals surface area contributed by atoms with Gasteiger partial charge in [-0.25, -0.2) is 0 Å². The van der Waals surface area contributed by atoms with Crippen LogP contribution in [0.15, 0.2) is 30.5 Å². The molecule has 2 rings (SSSR count). The number of nitrogens with zero attached hydrogens (tertiary/aromatic N) is 1. The largest absolute Gasteiger partial charge is 0.361 e. The van der Waals surface area contributed by atoms with Gasteiger partial charge in [-0.3, -0.25) is 4.79 Å². The molecule has 0 fully saturated rings. The van der Waals surface area contributed by atoms with Gasteiger partial charge in [-0.05, 0) is 30.4 Å². The van der Waals surface area contributed by atoms with E-state index >= 15 is 0 Å². The Hall–Kier alpha value is -2.28. The molecule has 0 bridgehead atoms. The summed E-state index contributed by atoms with van der Waals surface area (Å²) in [6, 6.07) is 9.81. The van der Waals surface area contributed by atoms with Crippen LogP contribution < -0.4 is 5.32 Å². The van der Waals surface area contributed by atoms with Gasteiger partial charge in [-0.15, -0.1) is 0 Å². The Kier molecular flexibility index (Phi) is 4.99. The van der Waals surface area contributed by atoms with Gasteiger partial charge in [0.25, 0.3) is 0 Å². The predicted molar refractivity (Wildman–Crippen MR) is 83.6 cm³/mol. The second kappa shape index (κ2) is 6.94. The van der Waals surface area contributed by atoms with Crippen molar-refractivity contribution in [2.24, 2.45) is 5.92 Å². The van der Waals surface area contributed by atoms with Crippen molar-refractivity contribution >= 4 is 16.8 Å². The highest BCUT2D eigenvalue weighted by molar-refractivity contribution is 5.84. The average molecular weight is 283 g/mol. The van der Waals surface area contributed by atoms with Gasteiger partial charge in [0, 0.05) is 23.5 Å². The standard InChI is InChI=1S/C17H21N3O/c1-12(2)9-14(10-18)20-17(21)8-7-13-11-19-16-6-4-3-5-15(13)16/h3-6,11-12,14,19H,7-9H2,1-2H3,(H,20,21)/t14-/m0/s1. The molecule has 4 heteroatoms. The summed E-state index contributed by atoms with van der Waals surface area (Å²) < 4.78 is 0. The number of carbonyl (C=O) groups is 1. The number of rotatable bonds is 6. The van der Waals surface area contributed by atoms with E-state index in [1.807, 2.05) is 38.2 Å². The van der Waals surface area contributed by atoms with E-state index in [1.54, 1.807) is 0 Å². The molecule has 1 amide bonds. The SMILES string of the molecule is CC(C)C[C@@H](C#N)NC(=O)CCc1c[nH]c2ccccc12. The van der Waals surface area contributed by atoms with Crippen molar-refractivity contribution in [2.75, 3.05) is 0 Å². The molecule has 1 aromatic carbocycles. The van der Waals surface area contributed by atoms with Crippen molar-refractivity contribution in [2.45, 2.75) is 39.2 Å². The van der Waals surface area contributed by atoms with E-state index in [1.165, 1.54) is 0 Å². The van der Waals surface area contributed by atoms with Gasteiger partial charge >= 0.3 is 0 Å². The first-order chi connectivity index (χ1) is 10.1. The Labute approximate surface area is 125 Å². The van der Waals surface area contributed by atoms with Crippen LogP contribution in [0.25, 0.3) is 10.9 Å². The van der Waals surface area contributed by atoms with Crippen LogP contribution in [0.5, 0.6) is 0 Å². The quantitative estimate of drug-likeness (QED) is 0.855. The number of carbonyl (C=O) groups excluding carboxylic acids is 1. The van der Waals surface area contributed by atoms with Crippen LogP contribution in [0.2, 0.25) is 0 Å². The van der Waals surface area contributed by atoms with Crippen molar-refractivity contribution < 1.29 is 4.79 Å². The van der Waals surface area contributed by atoms with Gasteiger partial charge in [0.2, 0.25) is 5.91 Å². The predicted octanol–water partition coefficient (Wildman–Crippen LogP) is 3.15. The lowest BCUT2D eigenvalue weighted by atomic mass is 10.0. The number of nitriles is 1. The number of amides is 1. The number of aryl methyl sites for hydroxylation is 1. The zero-order valence-corrected chi connectivity index (χ0v) is 12.5. The highest BCUT2D eigenvalue weighted by Gasteiger charge is 2.13. The fourth-order valence-corrected chi connectivity index (χ4v) is 2.47. The normalized spacial score (nSPS) is 12.3. The summed E-state index contributed by atoms with van der Waals surface area (Å²) in [5, 5.41) is 13.0. The van der Waals surface area contributed by atoms with E-state index in [2.05, 4.69) is 22.4 Å². The number of H-pyrrole nitrogens is 1. The number of para-hydroxylation sites is 1. The first kappa shape index (κ1) is 15.1. The molecule has 0 unspecified atom stereocenters. The Morgan fingerprint density at radius 3 is 2.86 bits per heavy atom. The molecule has 0 saturated heterocycles. The maximum Gasteiger partial charge on any atom is 0.221 e. The molecule has 21 heavy (non-hydrogen) atoms. The van der Waals surface area contributed by atoms with Gasteiger partial charge in [0.15, 0.2) is 0 Å². The summed E-state index contributed by atoms with van der Waals surface area (Å²) in [5.41, 5.74) is 2.22. The number of fused-ring (bicyclic) bond motifs is 1. The number of aromatic nitrogens is 1. The molecular formula is C17H21N3O. The van der Waals surface area contributed by atoms with Crippen molar-refractivity contribution in [1.82, 2.24) is 10.3 Å². The lowest BCUT2D eigenvalue weighted by Crippen LogP contribution is -2.34. The van der Waals surface area contributed by atoms with Gasteiger partial charge < -0.3 is 10.3 Å². The molecule has 0 spiro atoms. The Bertz CT molecular complexity index is 651. The van der Waals surface area contributed by atoms with Crippen LogP contribution in [0.3, 0.4) is 0 Å². The lowest BCUT2D eigenvalue weighted by Gasteiger charge is -2.13. The van der Waals surface area contributed by atoms with Crippen LogP contribution >= 0.6 is 0 Å². The minimum Gasteiger partial charge on any atom is -0.361 e. The summed E-state index contributed by atoms with van der Waals surface area (Å²) in [6.45, 7) is 4.09. The zero-order valence-electron chi connectivity index (χ0n) is 12.5. The topological polar surface area (TPSA) is 68.7 Å². The minimum atomic E-state index is -0.388. The first-order valence-electron chi connectivity index (χ1n) is 7.34. The molecular weight excluding hydrogens is 262 g/mol. The molecule has 110 valence electrons. The lowest BCUT2D eigenvalue weighted by molar-refractivity contribution is -0.121. The fourth-order valence-electron chi connectivity index (χ4n) is 2.47. The zero-order chi connectivity index (χ0) is 15.2. The number of aromatic amines is 1. The fraction of sp³-hybridized carbons (Fsp3) is 0.412. The summed E-state index contributed by atoms with van der Waals surface area (Å²) in [7, 11) is 0. The maximum atomic E-state index is 12.0. The number of hydrogen-bond acceptors (Lipinski definition) is 2. The van der Waals surface area contributed by atoms with Crippen molar-refractivity contribution in [1.29, 1.82) is 5.26 Å². The third-order valence-corrected chi connectivity index (χ3v) is 3.49. The van der Waals surface area contributed by atoms with E-state index < -0.39 is 0 Å². The van der Waals surface area contributed by atoms with E-state index in [9.17, 15) is 4.79 Å². The van der Waals surface area contributed by atoms with Gasteiger partial charge in [-0.2, -0.15) is 5.26 Å². The van der Waals surface area contributed by atoms with Gasteiger partial charge in [0.05, 0.1) is 6.07 Å². The van der Waals surface area contributed by atoms with Gasteiger partial charge in [0.1, 0.15) is 6.04 Å². The summed E-state index contributed by atoms with van der Waals surface area (Å²) >= 11 is 0. The third kappa shape index (κ3) is 4.09. The molecule has 2 aromatic rings. The minimum absolute atomic E-state index is 0.0625. The molecule has 1 atom stereocenters. The summed E-state index contributed by atoms with van der Waals surface area (Å²) in [4.78, 5) is 15.2. The number of nitrogens with one attached hydrogen (secondary N) is 2. The molecule has 0 aliphatic rings. The number of hydrogen-bond donors (Lipinski definition) is 2. The summed E-state index contributed by atoms with van der Waals surface area (Å²) in [5.74, 6) is 0.330. The third-order valence-electron chi connectivity index (χ3n) is 3.49. The maximum absolute atomic E-state index is 12.0. The number of benzene rings is 1. The first-order valence-corrected chi connectivity index (χ1v) is 7.34. The van der Waals surface area contributed by atoms with E-state index in [0.717, 1.165) is 16.5 Å². The highest BCUT2D eigenvalue weighted by Crippen LogP contribution is 2.18. The molecule has 0 saturated carbocycles. The molecule has 0 aliphatic heterocycles. The molecule has 1 heterocycles. The highest BCUT2D eigenvalue weighted by atomic mass is 16.1. The van der Waals surface area contributed by atoms with Gasteiger partial charge in [-0.1, -0.05) is 32.0 Å². The molecule has 0 radical (unpaired) electrons. The Morgan fingerprint density at radius 1 is 1.38 bits per heavy atom. The second-order valence-corrected chi connectivity index (χ2v) is 5.74. The van der Waals surface area contributed by atoms with Crippen LogP contribution in [0, 0.1) is 17.2 Å². The molecule has 0 aliphatic carbocycles. The monoisotopic (exact) mass is 283 g/mol. The average Bonchev–Trinajstić information content (AvgIpc) is 2.87. The van der Waals surface area contributed by atoms with Crippen LogP contribution in [-0.2, 0) is 11.2 Å². The van der Waals surface area contributed by atoms with Crippen LogP contribution in [0.1, 0.15) is 32.3 Å². The smallest absolute Gasteiger partial charge is 0.221 e. The Morgan fingerprint density at radius 2 is 2.14 bits per heavy atom. The van der Waals surface area contributed by atoms with Crippen molar-refractivity contribution in [3.63, 3.8) is 0 Å². The Balaban J connectivity index is 1.91. The van der Waals surface area contributed by atoms with Crippen LogP contribution in [-0.4, -0.2) is 16.9 Å². The molecule has 4 nitrogen and oxygen atoms in total. The molecule has 1 aromatic heterocycles. The van der Waals surface area contributed by atoms with E-state index in [4.69, 9.17) is 5.26 Å². The van der Waals surface area contributed by atoms with Crippen molar-refractivity contribution in [3.05, 3.63) is 36.0 Å². The summed E-state index contributed by atoms with van der Waals surface area (Å²) in [6.07, 6.45) is 3.72. The van der Waals surface area contributed by atoms with E-state index in [0.29, 0.717) is 25.2 Å². The van der Waals surface area contributed by atoms with Crippen LogP contribution in [0.4, 0.5) is 0 Å².